The number of aromatic nitrogens is 1. The first-order valence-corrected chi connectivity index (χ1v) is 13.2. The molecule has 2 amide bonds. The van der Waals surface area contributed by atoms with E-state index in [2.05, 4.69) is 27.0 Å². The van der Waals surface area contributed by atoms with Gasteiger partial charge in [0.1, 0.15) is 11.6 Å². The van der Waals surface area contributed by atoms with Crippen LogP contribution in [0.25, 0.3) is 10.2 Å². The molecule has 0 saturated heterocycles. The highest BCUT2D eigenvalue weighted by molar-refractivity contribution is 8.03. The van der Waals surface area contributed by atoms with Crippen LogP contribution in [0.15, 0.2) is 93.2 Å². The number of hydrogen-bond acceptors (Lipinski definition) is 8. The van der Waals surface area contributed by atoms with Crippen LogP contribution in [-0.2, 0) is 9.59 Å². The van der Waals surface area contributed by atoms with Gasteiger partial charge >= 0.3 is 0 Å². The molecule has 0 aliphatic carbocycles. The number of anilines is 2. The molecule has 38 heavy (non-hydrogen) atoms. The summed E-state index contributed by atoms with van der Waals surface area (Å²) >= 11 is 2.53. The van der Waals surface area contributed by atoms with E-state index in [1.165, 1.54) is 41.9 Å². The van der Waals surface area contributed by atoms with E-state index in [1.807, 2.05) is 24.3 Å². The molecule has 2 aromatic heterocycles. The van der Waals surface area contributed by atoms with Crippen molar-refractivity contribution in [2.75, 3.05) is 16.4 Å². The first kappa shape index (κ1) is 25.3. The Morgan fingerprint density at radius 2 is 1.95 bits per heavy atom. The molecule has 1 unspecified atom stereocenters. The second-order valence-electron chi connectivity index (χ2n) is 8.25. The largest absolute Gasteiger partial charge is 0.468 e. The Morgan fingerprint density at radius 1 is 1.16 bits per heavy atom. The molecule has 8 nitrogen and oxygen atoms in total. The Labute approximate surface area is 225 Å². The Kier molecular flexibility index (Phi) is 7.26. The highest BCUT2D eigenvalue weighted by Crippen LogP contribution is 2.41. The van der Waals surface area contributed by atoms with Gasteiger partial charge in [-0.1, -0.05) is 35.2 Å². The third-order valence-corrected chi connectivity index (χ3v) is 7.68. The maximum atomic E-state index is 13.3. The third kappa shape index (κ3) is 5.32. The number of carbonyl (C=O) groups is 2. The van der Waals surface area contributed by atoms with Gasteiger partial charge in [-0.3, -0.25) is 9.59 Å². The van der Waals surface area contributed by atoms with Crippen molar-refractivity contribution in [3.8, 4) is 6.07 Å². The van der Waals surface area contributed by atoms with E-state index < -0.39 is 17.6 Å². The minimum absolute atomic E-state index is 0.0126. The topological polar surface area (TPSA) is 120 Å². The number of para-hydroxylation sites is 1. The summed E-state index contributed by atoms with van der Waals surface area (Å²) in [4.78, 5) is 30.4. The van der Waals surface area contributed by atoms with Crippen molar-refractivity contribution in [2.24, 2.45) is 0 Å². The van der Waals surface area contributed by atoms with Crippen LogP contribution in [-0.4, -0.2) is 22.6 Å². The number of furan rings is 1. The number of thioether (sulfide) groups is 1. The summed E-state index contributed by atoms with van der Waals surface area (Å²) in [6.07, 6.45) is 1.47. The SMILES string of the molecule is CC1=C(C(=O)Nc2ccc(F)cc2)C(c2ccco2)C(C#N)=C(SCC(=O)Nc2nc3ccccc3s2)N1. The van der Waals surface area contributed by atoms with E-state index in [1.54, 1.807) is 19.1 Å². The summed E-state index contributed by atoms with van der Waals surface area (Å²) < 4.78 is 19.9. The average Bonchev–Trinajstić information content (AvgIpc) is 3.58. The summed E-state index contributed by atoms with van der Waals surface area (Å²) in [5, 5.41) is 19.7. The van der Waals surface area contributed by atoms with Crippen molar-refractivity contribution < 1.29 is 18.4 Å². The molecule has 5 rings (SSSR count). The fourth-order valence-corrected chi connectivity index (χ4v) is 5.79. The van der Waals surface area contributed by atoms with Gasteiger partial charge in [0, 0.05) is 11.4 Å². The highest BCUT2D eigenvalue weighted by Gasteiger charge is 2.36. The van der Waals surface area contributed by atoms with Crippen molar-refractivity contribution in [3.05, 3.63) is 100 Å². The predicted octanol–water partition coefficient (Wildman–Crippen LogP) is 5.73. The second kappa shape index (κ2) is 10.9. The predicted molar refractivity (Wildman–Crippen MR) is 146 cm³/mol. The van der Waals surface area contributed by atoms with Gasteiger partial charge in [-0.2, -0.15) is 5.26 Å². The first-order chi connectivity index (χ1) is 18.4. The summed E-state index contributed by atoms with van der Waals surface area (Å²) in [6.45, 7) is 1.71. The Hall–Kier alpha value is -4.40. The third-order valence-electron chi connectivity index (χ3n) is 5.71. The molecule has 4 aromatic rings. The zero-order valence-corrected chi connectivity index (χ0v) is 21.6. The highest BCUT2D eigenvalue weighted by atomic mass is 32.2. The lowest BCUT2D eigenvalue weighted by Crippen LogP contribution is -2.31. The molecule has 0 radical (unpaired) electrons. The Morgan fingerprint density at radius 3 is 2.66 bits per heavy atom. The van der Waals surface area contributed by atoms with Crippen LogP contribution in [0.5, 0.6) is 0 Å². The van der Waals surface area contributed by atoms with Crippen molar-refractivity contribution in [3.63, 3.8) is 0 Å². The average molecular weight is 546 g/mol. The number of nitrogens with zero attached hydrogens (tertiary/aromatic N) is 2. The van der Waals surface area contributed by atoms with Crippen molar-refractivity contribution >= 4 is 55.9 Å². The molecule has 2 aromatic carbocycles. The van der Waals surface area contributed by atoms with Crippen molar-refractivity contribution in [1.82, 2.24) is 10.3 Å². The van der Waals surface area contributed by atoms with E-state index in [0.29, 0.717) is 27.3 Å². The van der Waals surface area contributed by atoms with Gasteiger partial charge in [0.2, 0.25) is 5.91 Å². The molecule has 3 N–H and O–H groups in total. The van der Waals surface area contributed by atoms with Crippen molar-refractivity contribution in [1.29, 1.82) is 5.26 Å². The summed E-state index contributed by atoms with van der Waals surface area (Å²) in [6, 6.07) is 18.5. The van der Waals surface area contributed by atoms with Crippen LogP contribution in [0, 0.1) is 17.1 Å². The number of benzene rings is 2. The van der Waals surface area contributed by atoms with Crippen LogP contribution in [0.2, 0.25) is 0 Å². The summed E-state index contributed by atoms with van der Waals surface area (Å²) in [5.41, 5.74) is 2.23. The lowest BCUT2D eigenvalue weighted by Gasteiger charge is -2.28. The number of fused-ring (bicyclic) bond motifs is 1. The minimum atomic E-state index is -0.800. The summed E-state index contributed by atoms with van der Waals surface area (Å²) in [7, 11) is 0. The molecule has 0 fully saturated rings. The molecule has 1 atom stereocenters. The lowest BCUT2D eigenvalue weighted by molar-refractivity contribution is -0.114. The van der Waals surface area contributed by atoms with E-state index in [-0.39, 0.29) is 22.8 Å². The molecular formula is C27H20FN5O3S2. The molecule has 11 heteroatoms. The smallest absolute Gasteiger partial charge is 0.254 e. The standard InChI is InChI=1S/C27H20FN5O3S2/c1-15-23(25(35)31-17-10-8-16(28)9-11-17)24(20-6-4-12-36-20)18(13-29)26(30-15)37-14-22(34)33-27-32-19-5-2-3-7-21(19)38-27/h2-12,24,30H,14H2,1H3,(H,31,35)(H,32,33,34). The van der Waals surface area contributed by atoms with E-state index in [9.17, 15) is 19.2 Å². The Balaban J connectivity index is 1.36. The van der Waals surface area contributed by atoms with Gasteiger partial charge in [-0.05, 0) is 55.5 Å². The normalized spacial score (nSPS) is 15.2. The van der Waals surface area contributed by atoms with Gasteiger partial charge in [-0.15, -0.1) is 0 Å². The first-order valence-electron chi connectivity index (χ1n) is 11.4. The molecule has 1 aliphatic rings. The van der Waals surface area contributed by atoms with Gasteiger partial charge in [-0.25, -0.2) is 9.37 Å². The molecule has 1 aliphatic heterocycles. The second-order valence-corrected chi connectivity index (χ2v) is 10.3. The lowest BCUT2D eigenvalue weighted by atomic mass is 9.85. The molecular weight excluding hydrogens is 525 g/mol. The van der Waals surface area contributed by atoms with E-state index in [0.717, 1.165) is 22.0 Å². The zero-order chi connectivity index (χ0) is 26.6. The molecule has 3 heterocycles. The van der Waals surface area contributed by atoms with Crippen molar-refractivity contribution in [2.45, 2.75) is 12.8 Å². The zero-order valence-electron chi connectivity index (χ0n) is 19.9. The van der Waals surface area contributed by atoms with E-state index in [4.69, 9.17) is 4.42 Å². The molecule has 190 valence electrons. The number of allylic oxidation sites excluding steroid dienone is 2. The van der Waals surface area contributed by atoms with Crippen LogP contribution in [0.1, 0.15) is 18.6 Å². The van der Waals surface area contributed by atoms with Crippen LogP contribution in [0.4, 0.5) is 15.2 Å². The van der Waals surface area contributed by atoms with Gasteiger partial charge in [0.05, 0.1) is 50.4 Å². The van der Waals surface area contributed by atoms with Gasteiger partial charge < -0.3 is 20.4 Å². The maximum Gasteiger partial charge on any atom is 0.254 e. The van der Waals surface area contributed by atoms with Crippen LogP contribution < -0.4 is 16.0 Å². The number of nitrogens with one attached hydrogen (secondary N) is 3. The Bertz CT molecular complexity index is 1590. The quantitative estimate of drug-likeness (QED) is 0.271. The van der Waals surface area contributed by atoms with Gasteiger partial charge in [0.15, 0.2) is 5.13 Å². The number of amides is 2. The van der Waals surface area contributed by atoms with Crippen LogP contribution in [0.3, 0.4) is 0 Å². The number of rotatable bonds is 7. The molecule has 0 bridgehead atoms. The minimum Gasteiger partial charge on any atom is -0.468 e. The number of nitriles is 1. The number of halogens is 1. The molecule has 0 saturated carbocycles. The van der Waals surface area contributed by atoms with Crippen LogP contribution >= 0.6 is 23.1 Å². The number of carbonyl (C=O) groups excluding carboxylic acids is 2. The van der Waals surface area contributed by atoms with E-state index >= 15 is 0 Å². The maximum absolute atomic E-state index is 13.3. The monoisotopic (exact) mass is 545 g/mol. The fourth-order valence-electron chi connectivity index (χ4n) is 4.02. The molecule has 0 spiro atoms. The number of hydrogen-bond donors (Lipinski definition) is 3. The fraction of sp³-hybridized carbons (Fsp3) is 0.111. The van der Waals surface area contributed by atoms with Gasteiger partial charge in [0.25, 0.3) is 5.91 Å². The summed E-state index contributed by atoms with van der Waals surface area (Å²) in [5.74, 6) is -1.55. The number of dihydropyridines is 1. The number of thiazole rings is 1.